The van der Waals surface area contributed by atoms with E-state index in [-0.39, 0.29) is 0 Å². The van der Waals surface area contributed by atoms with Gasteiger partial charge in [-0.15, -0.1) is 23.2 Å². The smallest absolute Gasteiger partial charge is 0.247 e. The van der Waals surface area contributed by atoms with Gasteiger partial charge >= 0.3 is 0 Å². The molecule has 4 aliphatic rings. The highest BCUT2D eigenvalue weighted by Gasteiger charge is 2.73. The number of halogens is 3. The number of anilines is 1. The molecule has 3 atom stereocenters. The van der Waals surface area contributed by atoms with Crippen LogP contribution >= 0.6 is 34.8 Å². The minimum atomic E-state index is -1.28. The van der Waals surface area contributed by atoms with E-state index in [4.69, 9.17) is 34.8 Å². The summed E-state index contributed by atoms with van der Waals surface area (Å²) in [6, 6.07) is 18.9. The number of nitrogens with zero attached hydrogens (tertiary/aromatic N) is 1. The molecular formula is C28H21Cl3N2O3. The van der Waals surface area contributed by atoms with Gasteiger partial charge in [0.05, 0.1) is 11.8 Å². The quantitative estimate of drug-likeness (QED) is 0.350. The summed E-state index contributed by atoms with van der Waals surface area (Å²) in [5, 5.41) is 3.27. The van der Waals surface area contributed by atoms with Crippen molar-refractivity contribution in [3.63, 3.8) is 0 Å². The number of likely N-dealkylation sites (tertiary alicyclic amines) is 1. The number of carbonyl (C=O) groups is 3. The molecule has 5 nitrogen and oxygen atoms in total. The molecule has 0 saturated carbocycles. The van der Waals surface area contributed by atoms with E-state index in [1.165, 1.54) is 6.92 Å². The van der Waals surface area contributed by atoms with Crippen molar-refractivity contribution >= 4 is 58.2 Å². The van der Waals surface area contributed by atoms with E-state index < -0.39 is 45.3 Å². The average molecular weight is 540 g/mol. The molecule has 36 heavy (non-hydrogen) atoms. The maximum atomic E-state index is 14.0. The van der Waals surface area contributed by atoms with Crippen LogP contribution in [0.5, 0.6) is 0 Å². The first kappa shape index (κ1) is 23.5. The maximum absolute atomic E-state index is 14.0. The zero-order chi connectivity index (χ0) is 25.6. The number of imide groups is 1. The van der Waals surface area contributed by atoms with Gasteiger partial charge in [0.25, 0.3) is 0 Å². The fourth-order valence-corrected chi connectivity index (χ4v) is 7.42. The van der Waals surface area contributed by atoms with Crippen molar-refractivity contribution < 1.29 is 14.4 Å². The van der Waals surface area contributed by atoms with E-state index in [2.05, 4.69) is 5.32 Å². The third-order valence-electron chi connectivity index (χ3n) is 7.84. The maximum Gasteiger partial charge on any atom is 0.247 e. The summed E-state index contributed by atoms with van der Waals surface area (Å²) in [6.07, 6.45) is 0. The predicted octanol–water partition coefficient (Wildman–Crippen LogP) is 5.57. The third kappa shape index (κ3) is 2.82. The van der Waals surface area contributed by atoms with Crippen LogP contribution in [-0.4, -0.2) is 28.7 Å². The highest BCUT2D eigenvalue weighted by molar-refractivity contribution is 6.36. The third-order valence-corrected chi connectivity index (χ3v) is 9.36. The highest BCUT2D eigenvalue weighted by Crippen LogP contribution is 2.69. The van der Waals surface area contributed by atoms with Crippen molar-refractivity contribution in [1.82, 2.24) is 4.90 Å². The highest BCUT2D eigenvalue weighted by atomic mass is 35.5. The number of benzene rings is 3. The van der Waals surface area contributed by atoms with Crippen molar-refractivity contribution in [3.8, 4) is 0 Å². The molecule has 1 saturated heterocycles. The Morgan fingerprint density at radius 2 is 1.31 bits per heavy atom. The van der Waals surface area contributed by atoms with Crippen LogP contribution in [0.4, 0.5) is 5.69 Å². The van der Waals surface area contributed by atoms with E-state index in [0.29, 0.717) is 10.7 Å². The summed E-state index contributed by atoms with van der Waals surface area (Å²) < 4.78 is 0. The van der Waals surface area contributed by atoms with Gasteiger partial charge in [-0.25, -0.2) is 0 Å². The number of carbonyl (C=O) groups excluding carboxylic acids is 3. The molecule has 3 aliphatic carbocycles. The average Bonchev–Trinajstić information content (AvgIpc) is 3.15. The number of alkyl halides is 2. The van der Waals surface area contributed by atoms with Gasteiger partial charge in [0.15, 0.2) is 0 Å². The zero-order valence-corrected chi connectivity index (χ0v) is 21.7. The molecule has 1 fully saturated rings. The molecule has 1 N–H and O–H groups in total. The van der Waals surface area contributed by atoms with Gasteiger partial charge < -0.3 is 5.32 Å². The first-order valence-corrected chi connectivity index (χ1v) is 12.8. The van der Waals surface area contributed by atoms with Crippen molar-refractivity contribution in [2.45, 2.75) is 29.6 Å². The van der Waals surface area contributed by atoms with Crippen LogP contribution in [0.2, 0.25) is 5.02 Å². The number of hydrogen-bond donors (Lipinski definition) is 1. The SMILES string of the molecule is Cc1ccc(Cl)cc1NC(=O)[C@@H](C)N1C(=O)[C@@H]2[C@H](C1=O)C1(Cl)c3ccccc3C2(Cl)c2ccccc21. The van der Waals surface area contributed by atoms with Gasteiger partial charge in [0.2, 0.25) is 17.7 Å². The number of rotatable bonds is 3. The van der Waals surface area contributed by atoms with Gasteiger partial charge in [-0.1, -0.05) is 66.2 Å². The molecule has 2 bridgehead atoms. The molecule has 182 valence electrons. The fraction of sp³-hybridized carbons (Fsp3) is 0.250. The molecule has 0 unspecified atom stereocenters. The van der Waals surface area contributed by atoms with Crippen LogP contribution < -0.4 is 5.32 Å². The van der Waals surface area contributed by atoms with Crippen LogP contribution in [0, 0.1) is 18.8 Å². The minimum absolute atomic E-state index is 0.461. The first-order valence-electron chi connectivity index (χ1n) is 11.6. The summed E-state index contributed by atoms with van der Waals surface area (Å²) in [7, 11) is 0. The van der Waals surface area contributed by atoms with Crippen LogP contribution in [0.15, 0.2) is 66.7 Å². The number of hydrogen-bond acceptors (Lipinski definition) is 3. The molecular weight excluding hydrogens is 519 g/mol. The van der Waals surface area contributed by atoms with Crippen LogP contribution in [0.25, 0.3) is 0 Å². The lowest BCUT2D eigenvalue weighted by atomic mass is 9.54. The van der Waals surface area contributed by atoms with Gasteiger partial charge in [-0.05, 0) is 53.8 Å². The Balaban J connectivity index is 1.45. The molecule has 1 aliphatic heterocycles. The normalized spacial score (nSPS) is 28.4. The second-order valence-electron chi connectivity index (χ2n) is 9.64. The summed E-state index contributed by atoms with van der Waals surface area (Å²) >= 11 is 20.9. The van der Waals surface area contributed by atoms with Crippen LogP contribution in [-0.2, 0) is 24.1 Å². The molecule has 0 spiro atoms. The van der Waals surface area contributed by atoms with Crippen LogP contribution in [0.1, 0.15) is 34.7 Å². The summed E-state index contributed by atoms with van der Waals surface area (Å²) in [6.45, 7) is 3.37. The van der Waals surface area contributed by atoms with Crippen molar-refractivity contribution in [3.05, 3.63) is 99.6 Å². The van der Waals surface area contributed by atoms with Gasteiger partial charge in [0, 0.05) is 10.7 Å². The second-order valence-corrected chi connectivity index (χ2v) is 11.3. The Labute approximate surface area is 223 Å². The van der Waals surface area contributed by atoms with Crippen molar-refractivity contribution in [1.29, 1.82) is 0 Å². The summed E-state index contributed by atoms with van der Waals surface area (Å²) in [5.41, 5.74) is 4.19. The van der Waals surface area contributed by atoms with E-state index in [1.54, 1.807) is 18.2 Å². The van der Waals surface area contributed by atoms with Crippen molar-refractivity contribution in [2.24, 2.45) is 11.8 Å². The standard InChI is InChI=1S/C28H21Cl3N2O3/c1-14-11-12-16(29)13-21(14)32-24(34)15(2)33-25(35)22-23(26(33)36)28(31)18-8-4-3-7-17(18)27(22,30)19-9-5-6-10-20(19)28/h3-13,15,22-23H,1-2H3,(H,32,34)/t15-,22-,23+,27?,28?/m1/s1. The lowest BCUT2D eigenvalue weighted by molar-refractivity contribution is -0.146. The summed E-state index contributed by atoms with van der Waals surface area (Å²) in [5.74, 6) is -3.40. The van der Waals surface area contributed by atoms with Gasteiger partial charge in [0.1, 0.15) is 15.8 Å². The molecule has 0 radical (unpaired) electrons. The number of nitrogens with one attached hydrogen (secondary N) is 1. The monoisotopic (exact) mass is 538 g/mol. The zero-order valence-electron chi connectivity index (χ0n) is 19.4. The first-order chi connectivity index (χ1) is 17.1. The number of aryl methyl sites for hydroxylation is 1. The fourth-order valence-electron chi connectivity index (χ4n) is 6.15. The molecule has 3 amide bonds. The van der Waals surface area contributed by atoms with Crippen LogP contribution in [0.3, 0.4) is 0 Å². The molecule has 8 heteroatoms. The van der Waals surface area contributed by atoms with Crippen molar-refractivity contribution in [2.75, 3.05) is 5.32 Å². The Morgan fingerprint density at radius 3 is 1.75 bits per heavy atom. The topological polar surface area (TPSA) is 66.5 Å². The minimum Gasteiger partial charge on any atom is -0.324 e. The van der Waals surface area contributed by atoms with E-state index >= 15 is 0 Å². The molecule has 3 aromatic rings. The summed E-state index contributed by atoms with van der Waals surface area (Å²) in [4.78, 5) is 39.7. The molecule has 0 aromatic heterocycles. The van der Waals surface area contributed by atoms with E-state index in [0.717, 1.165) is 32.7 Å². The Morgan fingerprint density at radius 1 is 0.861 bits per heavy atom. The lowest BCUT2D eigenvalue weighted by Gasteiger charge is -2.54. The largest absolute Gasteiger partial charge is 0.324 e. The lowest BCUT2D eigenvalue weighted by Crippen LogP contribution is -2.57. The molecule has 3 aromatic carbocycles. The number of amides is 3. The molecule has 7 rings (SSSR count). The Hall–Kier alpha value is -2.86. The Bertz CT molecular complexity index is 1360. The molecule has 1 heterocycles. The van der Waals surface area contributed by atoms with E-state index in [9.17, 15) is 14.4 Å². The Kier molecular flexibility index (Phi) is 5.11. The second kappa shape index (κ2) is 7.82. The van der Waals surface area contributed by atoms with Gasteiger partial charge in [-0.2, -0.15) is 0 Å². The predicted molar refractivity (Wildman–Crippen MR) is 139 cm³/mol. The van der Waals surface area contributed by atoms with Gasteiger partial charge in [-0.3, -0.25) is 19.3 Å². The van der Waals surface area contributed by atoms with E-state index in [1.807, 2.05) is 55.5 Å².